The molecule has 0 aromatic heterocycles. The molecule has 1 atom stereocenters. The molecule has 0 saturated heterocycles. The third-order valence-corrected chi connectivity index (χ3v) is 3.39. The van der Waals surface area contributed by atoms with Crippen molar-refractivity contribution in [1.29, 1.82) is 0 Å². The zero-order valence-electron chi connectivity index (χ0n) is 10.4. The first-order valence-electron chi connectivity index (χ1n) is 6.04. The Morgan fingerprint density at radius 2 is 2.06 bits per heavy atom. The average molecular weight is 219 g/mol. The van der Waals surface area contributed by atoms with Gasteiger partial charge in [-0.1, -0.05) is 17.7 Å². The molecule has 1 aliphatic rings. The molecule has 0 spiro atoms. The lowest BCUT2D eigenvalue weighted by molar-refractivity contribution is 0.158. The van der Waals surface area contributed by atoms with Crippen molar-refractivity contribution >= 4 is 5.69 Å². The van der Waals surface area contributed by atoms with Gasteiger partial charge >= 0.3 is 0 Å². The Morgan fingerprint density at radius 3 is 2.62 bits per heavy atom. The predicted molar refractivity (Wildman–Crippen MR) is 67.9 cm³/mol. The molecule has 1 aromatic rings. The lowest BCUT2D eigenvalue weighted by Crippen LogP contribution is -2.30. The van der Waals surface area contributed by atoms with Gasteiger partial charge in [0.25, 0.3) is 0 Å². The number of aliphatic hydroxyl groups excluding tert-OH is 1. The lowest BCUT2D eigenvalue weighted by Gasteiger charge is -2.24. The Bertz CT molecular complexity index is 371. The second-order valence-electron chi connectivity index (χ2n) is 5.08. The van der Waals surface area contributed by atoms with Crippen LogP contribution in [-0.2, 0) is 0 Å². The number of hydrogen-bond donors (Lipinski definition) is 1. The number of aliphatic hydroxyl groups is 1. The van der Waals surface area contributed by atoms with Crippen LogP contribution in [0.3, 0.4) is 0 Å². The van der Waals surface area contributed by atoms with Gasteiger partial charge in [-0.2, -0.15) is 0 Å². The quantitative estimate of drug-likeness (QED) is 0.841. The monoisotopic (exact) mass is 219 g/mol. The molecule has 1 aromatic carbocycles. The fourth-order valence-electron chi connectivity index (χ4n) is 2.24. The largest absolute Gasteiger partial charge is 0.391 e. The Balaban J connectivity index is 2.04. The minimum Gasteiger partial charge on any atom is -0.391 e. The van der Waals surface area contributed by atoms with Crippen LogP contribution < -0.4 is 4.90 Å². The van der Waals surface area contributed by atoms with Crippen LogP contribution in [0.2, 0.25) is 0 Å². The van der Waals surface area contributed by atoms with Gasteiger partial charge in [-0.25, -0.2) is 0 Å². The van der Waals surface area contributed by atoms with Gasteiger partial charge in [0.2, 0.25) is 0 Å². The smallest absolute Gasteiger partial charge is 0.0743 e. The highest BCUT2D eigenvalue weighted by molar-refractivity contribution is 5.53. The summed E-state index contributed by atoms with van der Waals surface area (Å²) in [5, 5.41) is 9.92. The number of benzene rings is 1. The van der Waals surface area contributed by atoms with Gasteiger partial charge in [0, 0.05) is 19.3 Å². The molecule has 2 rings (SSSR count). The van der Waals surface area contributed by atoms with Crippen molar-refractivity contribution < 1.29 is 5.11 Å². The van der Waals surface area contributed by atoms with Crippen molar-refractivity contribution in [3.05, 3.63) is 29.3 Å². The molecular formula is C14H21NO. The summed E-state index contributed by atoms with van der Waals surface area (Å²) in [5.74, 6) is 0.549. The maximum Gasteiger partial charge on any atom is 0.0743 e. The van der Waals surface area contributed by atoms with E-state index in [0.717, 1.165) is 6.54 Å². The molecule has 88 valence electrons. The number of likely N-dealkylation sites (N-methyl/N-ethyl adjacent to an activating group) is 1. The van der Waals surface area contributed by atoms with Crippen LogP contribution in [0.25, 0.3) is 0 Å². The van der Waals surface area contributed by atoms with E-state index in [1.54, 1.807) is 0 Å². The van der Waals surface area contributed by atoms with Crippen molar-refractivity contribution in [2.24, 2.45) is 5.92 Å². The van der Waals surface area contributed by atoms with Crippen molar-refractivity contribution in [2.75, 3.05) is 18.5 Å². The zero-order chi connectivity index (χ0) is 11.7. The van der Waals surface area contributed by atoms with Gasteiger partial charge < -0.3 is 10.0 Å². The highest BCUT2D eigenvalue weighted by Gasteiger charge is 2.30. The maximum absolute atomic E-state index is 9.92. The van der Waals surface area contributed by atoms with E-state index in [1.807, 2.05) is 0 Å². The molecule has 1 aliphatic carbocycles. The molecule has 1 unspecified atom stereocenters. The minimum atomic E-state index is -0.161. The van der Waals surface area contributed by atoms with Crippen molar-refractivity contribution in [2.45, 2.75) is 32.8 Å². The lowest BCUT2D eigenvalue weighted by atomic mass is 10.1. The first-order chi connectivity index (χ1) is 7.58. The zero-order valence-corrected chi connectivity index (χ0v) is 10.4. The first kappa shape index (κ1) is 11.5. The van der Waals surface area contributed by atoms with Crippen LogP contribution in [0, 0.1) is 19.8 Å². The summed E-state index contributed by atoms with van der Waals surface area (Å²) >= 11 is 0. The van der Waals surface area contributed by atoms with E-state index in [0.29, 0.717) is 5.92 Å². The third kappa shape index (κ3) is 2.56. The molecule has 0 aliphatic heterocycles. The van der Waals surface area contributed by atoms with Crippen LogP contribution in [-0.4, -0.2) is 24.8 Å². The second kappa shape index (κ2) is 4.46. The third-order valence-electron chi connectivity index (χ3n) is 3.39. The van der Waals surface area contributed by atoms with Crippen LogP contribution in [0.1, 0.15) is 24.0 Å². The number of hydrogen-bond acceptors (Lipinski definition) is 2. The molecule has 2 nitrogen and oxygen atoms in total. The van der Waals surface area contributed by atoms with Crippen molar-refractivity contribution in [1.82, 2.24) is 0 Å². The summed E-state index contributed by atoms with van der Waals surface area (Å²) in [5.41, 5.74) is 3.80. The van der Waals surface area contributed by atoms with E-state index in [-0.39, 0.29) is 6.10 Å². The molecular weight excluding hydrogens is 198 g/mol. The molecule has 1 N–H and O–H groups in total. The van der Waals surface area contributed by atoms with E-state index < -0.39 is 0 Å². The van der Waals surface area contributed by atoms with Gasteiger partial charge in [-0.3, -0.25) is 0 Å². The van der Waals surface area contributed by atoms with E-state index >= 15 is 0 Å². The van der Waals surface area contributed by atoms with Crippen molar-refractivity contribution in [3.8, 4) is 0 Å². The second-order valence-corrected chi connectivity index (χ2v) is 5.08. The van der Waals surface area contributed by atoms with Crippen LogP contribution >= 0.6 is 0 Å². The standard InChI is InChI=1S/C14H21NO/c1-10-4-7-13(11(2)8-10)15(3)9-14(16)12-5-6-12/h4,7-8,12,14,16H,5-6,9H2,1-3H3. The van der Waals surface area contributed by atoms with Gasteiger partial charge in [-0.05, 0) is 44.2 Å². The molecule has 1 fully saturated rings. The van der Waals surface area contributed by atoms with Gasteiger partial charge in [0.15, 0.2) is 0 Å². The number of nitrogens with zero attached hydrogens (tertiary/aromatic N) is 1. The van der Waals surface area contributed by atoms with Crippen LogP contribution in [0.15, 0.2) is 18.2 Å². The Hall–Kier alpha value is -1.02. The highest BCUT2D eigenvalue weighted by atomic mass is 16.3. The van der Waals surface area contributed by atoms with Gasteiger partial charge in [0.1, 0.15) is 0 Å². The molecule has 16 heavy (non-hydrogen) atoms. The molecule has 2 heteroatoms. The van der Waals surface area contributed by atoms with Crippen LogP contribution in [0.5, 0.6) is 0 Å². The predicted octanol–water partition coefficient (Wildman–Crippen LogP) is 2.51. The molecule has 0 bridgehead atoms. The molecule has 0 amide bonds. The number of rotatable bonds is 4. The van der Waals surface area contributed by atoms with Gasteiger partial charge in [-0.15, -0.1) is 0 Å². The van der Waals surface area contributed by atoms with E-state index in [4.69, 9.17) is 0 Å². The SMILES string of the molecule is Cc1ccc(N(C)CC(O)C2CC2)c(C)c1. The van der Waals surface area contributed by atoms with E-state index in [9.17, 15) is 5.11 Å². The van der Waals surface area contributed by atoms with E-state index in [1.165, 1.54) is 29.7 Å². The van der Waals surface area contributed by atoms with Crippen LogP contribution in [0.4, 0.5) is 5.69 Å². The summed E-state index contributed by atoms with van der Waals surface area (Å²) in [7, 11) is 2.06. The maximum atomic E-state index is 9.92. The summed E-state index contributed by atoms with van der Waals surface area (Å²) in [6.07, 6.45) is 2.23. The summed E-state index contributed by atoms with van der Waals surface area (Å²) < 4.78 is 0. The Morgan fingerprint density at radius 1 is 1.38 bits per heavy atom. The fraction of sp³-hybridized carbons (Fsp3) is 0.571. The van der Waals surface area contributed by atoms with E-state index in [2.05, 4.69) is 44.0 Å². The summed E-state index contributed by atoms with van der Waals surface area (Å²) in [6.45, 7) is 4.98. The van der Waals surface area contributed by atoms with Crippen molar-refractivity contribution in [3.63, 3.8) is 0 Å². The highest BCUT2D eigenvalue weighted by Crippen LogP contribution is 2.33. The Kier molecular flexibility index (Phi) is 3.20. The minimum absolute atomic E-state index is 0.161. The molecule has 0 heterocycles. The topological polar surface area (TPSA) is 23.5 Å². The fourth-order valence-corrected chi connectivity index (χ4v) is 2.24. The Labute approximate surface area is 97.9 Å². The normalized spacial score (nSPS) is 17.2. The molecule has 0 radical (unpaired) electrons. The first-order valence-corrected chi connectivity index (χ1v) is 6.04. The number of anilines is 1. The number of aryl methyl sites for hydroxylation is 2. The molecule has 1 saturated carbocycles. The average Bonchev–Trinajstić information content (AvgIpc) is 2.99. The van der Waals surface area contributed by atoms with Gasteiger partial charge in [0.05, 0.1) is 6.10 Å². The summed E-state index contributed by atoms with van der Waals surface area (Å²) in [4.78, 5) is 2.16. The summed E-state index contributed by atoms with van der Waals surface area (Å²) in [6, 6.07) is 6.46.